The average molecular weight is 370 g/mol. The molecule has 1 aliphatic heterocycles. The number of hydrogen-bond acceptors (Lipinski definition) is 4. The zero-order valence-corrected chi connectivity index (χ0v) is 15.0. The molecule has 1 saturated heterocycles. The van der Waals surface area contributed by atoms with Crippen molar-refractivity contribution in [2.24, 2.45) is 0 Å². The minimum absolute atomic E-state index is 0.0908. The molecule has 144 valence electrons. The van der Waals surface area contributed by atoms with Crippen LogP contribution < -0.4 is 10.2 Å². The van der Waals surface area contributed by atoms with Crippen LogP contribution >= 0.6 is 0 Å². The largest absolute Gasteiger partial charge is 0.433 e. The van der Waals surface area contributed by atoms with Gasteiger partial charge in [-0.25, -0.2) is 4.98 Å². The number of alkyl halides is 3. The molecule has 1 aromatic rings. The van der Waals surface area contributed by atoms with E-state index in [1.54, 1.807) is 6.92 Å². The van der Waals surface area contributed by atoms with Crippen molar-refractivity contribution in [3.8, 4) is 0 Å². The molecule has 2 aliphatic rings. The van der Waals surface area contributed by atoms with E-state index < -0.39 is 11.9 Å². The first kappa shape index (κ1) is 19.1. The number of hydrogen-bond donors (Lipinski definition) is 1. The second-order valence-corrected chi connectivity index (χ2v) is 7.03. The number of carbonyl (C=O) groups excluding carboxylic acids is 1. The van der Waals surface area contributed by atoms with E-state index in [1.165, 1.54) is 17.0 Å². The summed E-state index contributed by atoms with van der Waals surface area (Å²) in [6.45, 7) is 5.69. The second-order valence-electron chi connectivity index (χ2n) is 7.03. The Hall–Kier alpha value is -1.67. The monoisotopic (exact) mass is 370 g/mol. The Morgan fingerprint density at radius 2 is 2.00 bits per heavy atom. The Balaban J connectivity index is 1.88. The van der Waals surface area contributed by atoms with Crippen molar-refractivity contribution >= 4 is 11.7 Å². The second kappa shape index (κ2) is 7.52. The molecule has 1 amide bonds. The van der Waals surface area contributed by atoms with Gasteiger partial charge < -0.3 is 5.32 Å². The van der Waals surface area contributed by atoms with Gasteiger partial charge in [0.05, 0.1) is 0 Å². The lowest BCUT2D eigenvalue weighted by atomic mass is 9.74. The van der Waals surface area contributed by atoms with E-state index in [9.17, 15) is 18.0 Å². The smallest absolute Gasteiger partial charge is 0.314 e. The molecule has 8 heteroatoms. The van der Waals surface area contributed by atoms with Crippen LogP contribution in [0.2, 0.25) is 0 Å². The number of aromatic nitrogens is 1. The Kier molecular flexibility index (Phi) is 5.53. The molecular formula is C18H25F3N4O. The summed E-state index contributed by atoms with van der Waals surface area (Å²) >= 11 is 0. The van der Waals surface area contributed by atoms with Gasteiger partial charge in [0, 0.05) is 44.7 Å². The topological polar surface area (TPSA) is 48.5 Å². The van der Waals surface area contributed by atoms with Crippen LogP contribution in [0.5, 0.6) is 0 Å². The van der Waals surface area contributed by atoms with Gasteiger partial charge in [0.1, 0.15) is 11.5 Å². The number of amides is 1. The van der Waals surface area contributed by atoms with E-state index in [-0.39, 0.29) is 23.7 Å². The number of halogens is 3. The van der Waals surface area contributed by atoms with Crippen molar-refractivity contribution in [1.29, 1.82) is 0 Å². The summed E-state index contributed by atoms with van der Waals surface area (Å²) in [6.07, 6.45) is -1.30. The molecule has 2 fully saturated rings. The summed E-state index contributed by atoms with van der Waals surface area (Å²) in [4.78, 5) is 20.1. The predicted octanol–water partition coefficient (Wildman–Crippen LogP) is 2.67. The first-order valence-corrected chi connectivity index (χ1v) is 9.16. The fourth-order valence-electron chi connectivity index (χ4n) is 3.81. The normalized spacial score (nSPS) is 20.5. The molecule has 5 nitrogen and oxygen atoms in total. The lowest BCUT2D eigenvalue weighted by Crippen LogP contribution is -2.64. The maximum absolute atomic E-state index is 13.0. The van der Waals surface area contributed by atoms with E-state index in [4.69, 9.17) is 0 Å². The molecule has 0 bridgehead atoms. The lowest BCUT2D eigenvalue weighted by molar-refractivity contribution is -0.141. The molecule has 0 unspecified atom stereocenters. The minimum atomic E-state index is -4.52. The fraction of sp³-hybridized carbons (Fsp3) is 0.667. The summed E-state index contributed by atoms with van der Waals surface area (Å²) in [6, 6.07) is 3.75. The highest BCUT2D eigenvalue weighted by Gasteiger charge is 2.45. The molecule has 1 N–H and O–H groups in total. The number of piperazine rings is 1. The quantitative estimate of drug-likeness (QED) is 0.866. The van der Waals surface area contributed by atoms with Crippen molar-refractivity contribution < 1.29 is 18.0 Å². The summed E-state index contributed by atoms with van der Waals surface area (Å²) < 4.78 is 39.1. The van der Waals surface area contributed by atoms with Gasteiger partial charge in [-0.3, -0.25) is 14.6 Å². The van der Waals surface area contributed by atoms with Crippen LogP contribution in [0.3, 0.4) is 0 Å². The molecule has 1 aromatic heterocycles. The highest BCUT2D eigenvalue weighted by molar-refractivity contribution is 5.92. The Bertz CT molecular complexity index is 640. The van der Waals surface area contributed by atoms with Gasteiger partial charge in [-0.15, -0.1) is 0 Å². The maximum atomic E-state index is 13.0. The molecule has 26 heavy (non-hydrogen) atoms. The van der Waals surface area contributed by atoms with Gasteiger partial charge in [0.25, 0.3) is 0 Å². The lowest BCUT2D eigenvalue weighted by Gasteiger charge is -2.53. The molecule has 3 rings (SSSR count). The number of carbonyl (C=O) groups is 1. The van der Waals surface area contributed by atoms with Gasteiger partial charge in [0.15, 0.2) is 0 Å². The van der Waals surface area contributed by atoms with Crippen molar-refractivity contribution in [2.45, 2.75) is 44.3 Å². The number of nitrogens with zero attached hydrogens (tertiary/aromatic N) is 3. The maximum Gasteiger partial charge on any atom is 0.433 e. The SMILES string of the molecule is CCC(=O)N(CC1(N2CCNCC2)CCC1)c1cccc(C(F)(F)F)n1. The molecular weight excluding hydrogens is 345 g/mol. The van der Waals surface area contributed by atoms with Gasteiger partial charge in [-0.05, 0) is 31.4 Å². The summed E-state index contributed by atoms with van der Waals surface area (Å²) in [5, 5.41) is 3.32. The summed E-state index contributed by atoms with van der Waals surface area (Å²) in [5.74, 6) is -0.105. The Morgan fingerprint density at radius 1 is 1.31 bits per heavy atom. The first-order valence-electron chi connectivity index (χ1n) is 9.16. The molecule has 0 atom stereocenters. The van der Waals surface area contributed by atoms with Crippen LogP contribution in [0.25, 0.3) is 0 Å². The van der Waals surface area contributed by atoms with Crippen molar-refractivity contribution in [1.82, 2.24) is 15.2 Å². The van der Waals surface area contributed by atoms with E-state index in [0.717, 1.165) is 51.5 Å². The average Bonchev–Trinajstić information content (AvgIpc) is 2.61. The molecule has 2 heterocycles. The van der Waals surface area contributed by atoms with E-state index in [1.807, 2.05) is 0 Å². The summed E-state index contributed by atoms with van der Waals surface area (Å²) in [5.41, 5.74) is -1.11. The third-order valence-corrected chi connectivity index (χ3v) is 5.43. The Morgan fingerprint density at radius 3 is 2.54 bits per heavy atom. The number of anilines is 1. The van der Waals surface area contributed by atoms with Crippen molar-refractivity contribution in [3.63, 3.8) is 0 Å². The third kappa shape index (κ3) is 3.86. The number of nitrogens with one attached hydrogen (secondary N) is 1. The van der Waals surface area contributed by atoms with Crippen LogP contribution in [0.4, 0.5) is 19.0 Å². The molecule has 0 aromatic carbocycles. The molecule has 1 saturated carbocycles. The number of rotatable bonds is 5. The molecule has 0 radical (unpaired) electrons. The van der Waals surface area contributed by atoms with Crippen LogP contribution in [0, 0.1) is 0 Å². The van der Waals surface area contributed by atoms with Gasteiger partial charge in [-0.1, -0.05) is 13.0 Å². The van der Waals surface area contributed by atoms with E-state index in [2.05, 4.69) is 15.2 Å². The van der Waals surface area contributed by atoms with Crippen LogP contribution in [-0.2, 0) is 11.0 Å². The van der Waals surface area contributed by atoms with Crippen LogP contribution in [0.1, 0.15) is 38.3 Å². The van der Waals surface area contributed by atoms with Gasteiger partial charge in [0.2, 0.25) is 5.91 Å². The predicted molar refractivity (Wildman–Crippen MR) is 92.9 cm³/mol. The fourth-order valence-corrected chi connectivity index (χ4v) is 3.81. The van der Waals surface area contributed by atoms with Gasteiger partial charge in [-0.2, -0.15) is 13.2 Å². The van der Waals surface area contributed by atoms with Gasteiger partial charge >= 0.3 is 6.18 Å². The van der Waals surface area contributed by atoms with E-state index >= 15 is 0 Å². The third-order valence-electron chi connectivity index (χ3n) is 5.43. The highest BCUT2D eigenvalue weighted by atomic mass is 19.4. The zero-order valence-electron chi connectivity index (χ0n) is 15.0. The van der Waals surface area contributed by atoms with Crippen molar-refractivity contribution in [2.75, 3.05) is 37.6 Å². The molecule has 1 aliphatic carbocycles. The van der Waals surface area contributed by atoms with Crippen LogP contribution in [-0.4, -0.2) is 54.1 Å². The zero-order chi connectivity index (χ0) is 18.8. The standard InChI is InChI=1S/C18H25F3N4O/c1-2-16(26)25(15-6-3-5-14(23-15)18(19,20)21)13-17(7-4-8-17)24-11-9-22-10-12-24/h3,5-6,22H,2,4,7-13H2,1H3. The minimum Gasteiger partial charge on any atom is -0.314 e. The van der Waals surface area contributed by atoms with E-state index in [0.29, 0.717) is 6.54 Å². The highest BCUT2D eigenvalue weighted by Crippen LogP contribution is 2.39. The van der Waals surface area contributed by atoms with Crippen LogP contribution in [0.15, 0.2) is 18.2 Å². The Labute approximate surface area is 151 Å². The summed E-state index contributed by atoms with van der Waals surface area (Å²) in [7, 11) is 0. The first-order chi connectivity index (χ1) is 12.4. The molecule has 0 spiro atoms. The van der Waals surface area contributed by atoms with Crippen molar-refractivity contribution in [3.05, 3.63) is 23.9 Å². The number of pyridine rings is 1.